The molecule has 2 heterocycles. The number of benzene rings is 2. The van der Waals surface area contributed by atoms with Gasteiger partial charge in [0.2, 0.25) is 12.0 Å². The van der Waals surface area contributed by atoms with E-state index in [4.69, 9.17) is 18.6 Å². The number of fused-ring (bicyclic) bond motifs is 1. The lowest BCUT2D eigenvalue weighted by atomic mass is 9.99. The van der Waals surface area contributed by atoms with Crippen LogP contribution in [0.2, 0.25) is 0 Å². The number of aliphatic hydroxyl groups excluding tert-OH is 4. The predicted octanol–water partition coefficient (Wildman–Crippen LogP) is 0.575. The van der Waals surface area contributed by atoms with Crippen LogP contribution in [0.4, 0.5) is 0 Å². The first kappa shape index (κ1) is 26.4. The first-order valence-corrected chi connectivity index (χ1v) is 11.3. The summed E-state index contributed by atoms with van der Waals surface area (Å²) in [5.41, 5.74) is -0.216. The number of carbonyl (C=O) groups is 1. The van der Waals surface area contributed by atoms with Gasteiger partial charge >= 0.3 is 11.6 Å². The number of hydrogen-bond donors (Lipinski definition) is 5. The highest BCUT2D eigenvalue weighted by Crippen LogP contribution is 2.40. The highest BCUT2D eigenvalue weighted by molar-refractivity contribution is 5.85. The maximum atomic E-state index is 12.0. The second kappa shape index (κ2) is 11.2. The zero-order valence-electron chi connectivity index (χ0n) is 19.6. The number of methoxy groups -OCH3 is 1. The molecule has 5 N–H and O–H groups in total. The van der Waals surface area contributed by atoms with Crippen LogP contribution in [0, 0.1) is 0 Å². The van der Waals surface area contributed by atoms with Crippen LogP contribution in [0.25, 0.3) is 11.0 Å². The van der Waals surface area contributed by atoms with Gasteiger partial charge in [-0.25, -0.2) is 4.79 Å². The average Bonchev–Trinajstić information content (AvgIpc) is 2.89. The maximum absolute atomic E-state index is 12.0. The average molecular weight is 518 g/mol. The maximum Gasteiger partial charge on any atom is 0.336 e. The topological polar surface area (TPSA) is 185 Å². The van der Waals surface area contributed by atoms with Crippen molar-refractivity contribution < 1.29 is 53.7 Å². The fourth-order valence-electron chi connectivity index (χ4n) is 3.84. The van der Waals surface area contributed by atoms with E-state index in [2.05, 4.69) is 4.74 Å². The van der Waals surface area contributed by atoms with Gasteiger partial charge in [-0.15, -0.1) is 0 Å². The van der Waals surface area contributed by atoms with Crippen LogP contribution in [0.15, 0.2) is 51.7 Å². The molecule has 5 unspecified atom stereocenters. The molecule has 4 rings (SSSR count). The highest BCUT2D eigenvalue weighted by atomic mass is 16.7. The van der Waals surface area contributed by atoms with Crippen LogP contribution in [-0.2, 0) is 20.7 Å². The lowest BCUT2D eigenvalue weighted by molar-refractivity contribution is -0.277. The molecule has 0 amide bonds. The number of rotatable bonds is 8. The Morgan fingerprint density at radius 3 is 2.49 bits per heavy atom. The van der Waals surface area contributed by atoms with E-state index >= 15 is 0 Å². The van der Waals surface area contributed by atoms with Gasteiger partial charge in [0, 0.05) is 23.9 Å². The summed E-state index contributed by atoms with van der Waals surface area (Å²) < 4.78 is 27.0. The standard InChI is InChI=1S/C25H26O12/c1-33-18(28)8-4-12-2-6-14(10-15(12)27)34-24-16(7-3-13-5-9-19(29)37-23(13)24)35-25-22(32)21(31)20(30)17(11-26)36-25/h2-3,5-7,9-10,17,20-22,25-27,30-32H,4,8,11H2,1H3. The van der Waals surface area contributed by atoms with Crippen LogP contribution >= 0.6 is 0 Å². The van der Waals surface area contributed by atoms with E-state index in [9.17, 15) is 35.1 Å². The molecule has 12 heteroatoms. The summed E-state index contributed by atoms with van der Waals surface area (Å²) in [4.78, 5) is 23.4. The van der Waals surface area contributed by atoms with E-state index in [1.807, 2.05) is 0 Å². The van der Waals surface area contributed by atoms with Crippen LogP contribution < -0.4 is 15.1 Å². The largest absolute Gasteiger partial charge is 0.508 e. The molecule has 0 radical (unpaired) electrons. The summed E-state index contributed by atoms with van der Waals surface area (Å²) >= 11 is 0. The Bertz CT molecular complexity index is 1320. The van der Waals surface area contributed by atoms with Gasteiger partial charge in [-0.05, 0) is 36.2 Å². The van der Waals surface area contributed by atoms with Crippen molar-refractivity contribution in [2.24, 2.45) is 0 Å². The van der Waals surface area contributed by atoms with Gasteiger partial charge < -0.3 is 48.9 Å². The van der Waals surface area contributed by atoms with Gasteiger partial charge in [-0.1, -0.05) is 6.07 Å². The van der Waals surface area contributed by atoms with E-state index in [1.54, 1.807) is 12.1 Å². The second-order valence-electron chi connectivity index (χ2n) is 8.35. The minimum absolute atomic E-state index is 0.0103. The quantitative estimate of drug-likeness (QED) is 0.207. The number of esters is 1. The molecule has 2 aromatic carbocycles. The molecule has 0 spiro atoms. The van der Waals surface area contributed by atoms with Gasteiger partial charge in [0.25, 0.3) is 0 Å². The number of aryl methyl sites for hydroxylation is 1. The SMILES string of the molecule is COC(=O)CCc1ccc(Oc2c(OC3OC(CO)C(O)C(O)C3O)ccc3ccc(=O)oc23)cc1O. The number of carbonyl (C=O) groups excluding carboxylic acids is 1. The van der Waals surface area contributed by atoms with E-state index in [1.165, 1.54) is 37.4 Å². The van der Waals surface area contributed by atoms with Crippen molar-refractivity contribution in [2.45, 2.75) is 43.5 Å². The van der Waals surface area contributed by atoms with Crippen molar-refractivity contribution in [3.05, 3.63) is 58.4 Å². The summed E-state index contributed by atoms with van der Waals surface area (Å²) in [6.45, 7) is -0.650. The fraction of sp³-hybridized carbons (Fsp3) is 0.360. The smallest absolute Gasteiger partial charge is 0.336 e. The number of aliphatic hydroxyl groups is 4. The van der Waals surface area contributed by atoms with Crippen LogP contribution in [-0.4, -0.2) is 75.9 Å². The number of hydrogen-bond acceptors (Lipinski definition) is 12. The van der Waals surface area contributed by atoms with Crippen molar-refractivity contribution in [3.63, 3.8) is 0 Å². The van der Waals surface area contributed by atoms with Crippen molar-refractivity contribution in [3.8, 4) is 23.0 Å². The molecule has 1 saturated heterocycles. The Morgan fingerprint density at radius 1 is 1.03 bits per heavy atom. The Balaban J connectivity index is 1.68. The van der Waals surface area contributed by atoms with Crippen molar-refractivity contribution in [1.29, 1.82) is 0 Å². The molecule has 198 valence electrons. The van der Waals surface area contributed by atoms with Crippen LogP contribution in [0.1, 0.15) is 12.0 Å². The zero-order valence-corrected chi connectivity index (χ0v) is 19.6. The highest BCUT2D eigenvalue weighted by Gasteiger charge is 2.45. The molecule has 0 aliphatic carbocycles. The van der Waals surface area contributed by atoms with E-state index in [0.29, 0.717) is 10.9 Å². The third-order valence-corrected chi connectivity index (χ3v) is 5.90. The van der Waals surface area contributed by atoms with Crippen molar-refractivity contribution in [1.82, 2.24) is 0 Å². The molecule has 3 aromatic rings. The van der Waals surface area contributed by atoms with Crippen molar-refractivity contribution >= 4 is 16.9 Å². The molecular formula is C25H26O12. The Morgan fingerprint density at radius 2 is 1.78 bits per heavy atom. The fourth-order valence-corrected chi connectivity index (χ4v) is 3.84. The molecule has 5 atom stereocenters. The van der Waals surface area contributed by atoms with Crippen molar-refractivity contribution in [2.75, 3.05) is 13.7 Å². The molecule has 1 aliphatic rings. The monoisotopic (exact) mass is 518 g/mol. The molecule has 1 aliphatic heterocycles. The molecule has 0 saturated carbocycles. The summed E-state index contributed by atoms with van der Waals surface area (Å²) in [6, 6.07) is 10.1. The zero-order chi connectivity index (χ0) is 26.7. The second-order valence-corrected chi connectivity index (χ2v) is 8.35. The number of phenols is 1. The Hall–Kier alpha value is -3.68. The molecule has 0 bridgehead atoms. The Labute approximate surface area is 209 Å². The summed E-state index contributed by atoms with van der Waals surface area (Å²) in [5.74, 6) is -0.633. The molecule has 12 nitrogen and oxygen atoms in total. The molecule has 1 fully saturated rings. The van der Waals surface area contributed by atoms with Gasteiger partial charge in [0.1, 0.15) is 35.9 Å². The number of ether oxygens (including phenoxy) is 4. The Kier molecular flexibility index (Phi) is 7.95. The van der Waals surface area contributed by atoms with E-state index in [0.717, 1.165) is 0 Å². The van der Waals surface area contributed by atoms with E-state index in [-0.39, 0.29) is 41.4 Å². The number of aromatic hydroxyl groups is 1. The first-order valence-electron chi connectivity index (χ1n) is 11.3. The van der Waals surface area contributed by atoms with Gasteiger partial charge in [0.05, 0.1) is 13.7 Å². The lowest BCUT2D eigenvalue weighted by Gasteiger charge is -2.39. The normalized spacial score (nSPS) is 23.5. The van der Waals surface area contributed by atoms with Gasteiger partial charge in [-0.2, -0.15) is 0 Å². The van der Waals surface area contributed by atoms with Crippen LogP contribution in [0.5, 0.6) is 23.0 Å². The lowest BCUT2D eigenvalue weighted by Crippen LogP contribution is -2.60. The third-order valence-electron chi connectivity index (χ3n) is 5.90. The molecule has 37 heavy (non-hydrogen) atoms. The van der Waals surface area contributed by atoms with Gasteiger partial charge in [0.15, 0.2) is 11.3 Å². The minimum Gasteiger partial charge on any atom is -0.508 e. The summed E-state index contributed by atoms with van der Waals surface area (Å²) in [7, 11) is 1.27. The third kappa shape index (κ3) is 5.68. The summed E-state index contributed by atoms with van der Waals surface area (Å²) in [5, 5.41) is 50.8. The molecular weight excluding hydrogens is 492 g/mol. The van der Waals surface area contributed by atoms with Crippen LogP contribution in [0.3, 0.4) is 0 Å². The van der Waals surface area contributed by atoms with E-state index < -0.39 is 48.9 Å². The summed E-state index contributed by atoms with van der Waals surface area (Å²) in [6.07, 6.45) is -7.38. The first-order chi connectivity index (χ1) is 17.7. The number of phenolic OH excluding ortho intramolecular Hbond substituents is 1. The minimum atomic E-state index is -1.69. The predicted molar refractivity (Wildman–Crippen MR) is 125 cm³/mol. The molecule has 1 aromatic heterocycles. The van der Waals surface area contributed by atoms with Gasteiger partial charge in [-0.3, -0.25) is 4.79 Å².